The molecule has 0 atom stereocenters. The highest BCUT2D eigenvalue weighted by Gasteiger charge is 2.40. The summed E-state index contributed by atoms with van der Waals surface area (Å²) in [5.41, 5.74) is 4.52. The quantitative estimate of drug-likeness (QED) is 0.731. The Morgan fingerprint density at radius 1 is 1.04 bits per heavy atom. The summed E-state index contributed by atoms with van der Waals surface area (Å²) in [7, 11) is 4.15. The van der Waals surface area contributed by atoms with Crippen LogP contribution in [0.4, 0.5) is 17.1 Å². The molecule has 4 nitrogen and oxygen atoms in total. The number of hydrogen-bond donors (Lipinski definition) is 2. The maximum atomic E-state index is 6.14. The van der Waals surface area contributed by atoms with Crippen LogP contribution in [0.3, 0.4) is 0 Å². The summed E-state index contributed by atoms with van der Waals surface area (Å²) in [6.45, 7) is 0.636. The van der Waals surface area contributed by atoms with Crippen LogP contribution in [0.25, 0.3) is 0 Å². The molecule has 1 aliphatic heterocycles. The number of amidine groups is 1. The van der Waals surface area contributed by atoms with Gasteiger partial charge in [-0.2, -0.15) is 0 Å². The fourth-order valence-electron chi connectivity index (χ4n) is 4.10. The monoisotopic (exact) mass is 382 g/mol. The van der Waals surface area contributed by atoms with Crippen molar-refractivity contribution in [2.75, 3.05) is 29.6 Å². The zero-order valence-electron chi connectivity index (χ0n) is 16.1. The van der Waals surface area contributed by atoms with E-state index in [1.807, 2.05) is 18.2 Å². The molecule has 5 heteroatoms. The molecule has 142 valence electrons. The average molecular weight is 383 g/mol. The summed E-state index contributed by atoms with van der Waals surface area (Å²) in [5.74, 6) is 1.06. The molecule has 1 saturated carbocycles. The Hall–Kier alpha value is -2.20. The number of hydrogen-bond acceptors (Lipinski definition) is 3. The molecule has 0 radical (unpaired) electrons. The van der Waals surface area contributed by atoms with Gasteiger partial charge in [0.1, 0.15) is 5.84 Å². The van der Waals surface area contributed by atoms with Crippen molar-refractivity contribution in [2.24, 2.45) is 4.99 Å². The molecule has 4 rings (SSSR count). The van der Waals surface area contributed by atoms with E-state index in [4.69, 9.17) is 16.6 Å². The summed E-state index contributed by atoms with van der Waals surface area (Å²) in [5, 5.41) is 8.26. The van der Waals surface area contributed by atoms with Crippen molar-refractivity contribution in [2.45, 2.75) is 44.2 Å². The first-order valence-electron chi connectivity index (χ1n) is 9.72. The molecule has 1 aliphatic carbocycles. The molecule has 2 aromatic carbocycles. The number of halogens is 1. The normalized spacial score (nSPS) is 19.3. The molecular weight excluding hydrogens is 356 g/mol. The lowest BCUT2D eigenvalue weighted by Crippen LogP contribution is -2.53. The third-order valence-corrected chi connectivity index (χ3v) is 5.85. The average Bonchev–Trinajstić information content (AvgIpc) is 2.66. The van der Waals surface area contributed by atoms with E-state index in [1.165, 1.54) is 30.6 Å². The van der Waals surface area contributed by atoms with Gasteiger partial charge in [-0.15, -0.1) is 0 Å². The van der Waals surface area contributed by atoms with Gasteiger partial charge in [-0.05, 0) is 48.7 Å². The number of fused-ring (bicyclic) bond motifs is 1. The smallest absolute Gasteiger partial charge is 0.127 e. The van der Waals surface area contributed by atoms with Crippen molar-refractivity contribution in [3.63, 3.8) is 0 Å². The molecule has 0 unspecified atom stereocenters. The largest absolute Gasteiger partial charge is 0.378 e. The summed E-state index contributed by atoms with van der Waals surface area (Å²) >= 11 is 6.14. The standard InChI is InChI=1S/C22H27ClN4/c1-27(2)18-9-10-19-20(14-18)26-22(11-4-3-5-12-22)21(25-19)24-15-16-7-6-8-17(23)13-16/h6-10,13-14,26H,3-5,11-12,15H2,1-2H3,(H,24,25). The van der Waals surface area contributed by atoms with Gasteiger partial charge in [-0.1, -0.05) is 43.0 Å². The minimum Gasteiger partial charge on any atom is -0.378 e. The molecule has 0 bridgehead atoms. The molecule has 0 aromatic heterocycles. The summed E-state index contributed by atoms with van der Waals surface area (Å²) in [4.78, 5) is 7.14. The van der Waals surface area contributed by atoms with Crippen LogP contribution in [0.15, 0.2) is 47.5 Å². The van der Waals surface area contributed by atoms with Crippen LogP contribution in [0.2, 0.25) is 5.02 Å². The van der Waals surface area contributed by atoms with Gasteiger partial charge < -0.3 is 15.5 Å². The maximum Gasteiger partial charge on any atom is 0.127 e. The van der Waals surface area contributed by atoms with Gasteiger partial charge in [-0.3, -0.25) is 4.99 Å². The number of anilines is 3. The van der Waals surface area contributed by atoms with Gasteiger partial charge in [0.2, 0.25) is 0 Å². The summed E-state index contributed by atoms with van der Waals surface area (Å²) in [6.07, 6.45) is 5.98. The van der Waals surface area contributed by atoms with Gasteiger partial charge in [-0.25, -0.2) is 0 Å². The first-order valence-corrected chi connectivity index (χ1v) is 10.1. The van der Waals surface area contributed by atoms with Gasteiger partial charge in [0, 0.05) is 24.8 Å². The third kappa shape index (κ3) is 3.77. The van der Waals surface area contributed by atoms with Crippen LogP contribution >= 0.6 is 11.6 Å². The van der Waals surface area contributed by atoms with E-state index in [1.54, 1.807) is 0 Å². The zero-order valence-corrected chi connectivity index (χ0v) is 16.8. The Kier molecular flexibility index (Phi) is 5.00. The topological polar surface area (TPSA) is 39.7 Å². The van der Waals surface area contributed by atoms with E-state index < -0.39 is 0 Å². The van der Waals surface area contributed by atoms with Crippen molar-refractivity contribution in [3.8, 4) is 0 Å². The van der Waals surface area contributed by atoms with Crippen molar-refractivity contribution in [1.29, 1.82) is 0 Å². The highest BCUT2D eigenvalue weighted by atomic mass is 35.5. The fraction of sp³-hybridized carbons (Fsp3) is 0.409. The van der Waals surface area contributed by atoms with Gasteiger partial charge in [0.25, 0.3) is 0 Å². The number of nitrogens with zero attached hydrogens (tertiary/aromatic N) is 2. The van der Waals surface area contributed by atoms with Gasteiger partial charge in [0.05, 0.1) is 23.5 Å². The van der Waals surface area contributed by atoms with E-state index in [-0.39, 0.29) is 5.54 Å². The first-order chi connectivity index (χ1) is 13.1. The van der Waals surface area contributed by atoms with Crippen molar-refractivity contribution >= 4 is 34.5 Å². The zero-order chi connectivity index (χ0) is 18.9. The summed E-state index contributed by atoms with van der Waals surface area (Å²) < 4.78 is 0. The van der Waals surface area contributed by atoms with Gasteiger partial charge >= 0.3 is 0 Å². The Morgan fingerprint density at radius 2 is 1.85 bits per heavy atom. The van der Waals surface area contributed by atoms with E-state index in [9.17, 15) is 0 Å². The molecular formula is C22H27ClN4. The predicted octanol–water partition coefficient (Wildman–Crippen LogP) is 5.55. The van der Waals surface area contributed by atoms with Gasteiger partial charge in [0.15, 0.2) is 0 Å². The molecule has 1 heterocycles. The number of benzene rings is 2. The van der Waals surface area contributed by atoms with Crippen LogP contribution in [0, 0.1) is 0 Å². The second kappa shape index (κ2) is 7.43. The molecule has 2 aromatic rings. The lowest BCUT2D eigenvalue weighted by atomic mass is 9.79. The van der Waals surface area contributed by atoms with Crippen LogP contribution in [0.5, 0.6) is 0 Å². The maximum absolute atomic E-state index is 6.14. The highest BCUT2D eigenvalue weighted by Crippen LogP contribution is 2.41. The summed E-state index contributed by atoms with van der Waals surface area (Å²) in [6, 6.07) is 14.5. The van der Waals surface area contributed by atoms with E-state index in [2.05, 4.69) is 53.9 Å². The molecule has 27 heavy (non-hydrogen) atoms. The van der Waals surface area contributed by atoms with Crippen molar-refractivity contribution in [3.05, 3.63) is 53.1 Å². The minimum absolute atomic E-state index is 0.0885. The predicted molar refractivity (Wildman–Crippen MR) is 116 cm³/mol. The van der Waals surface area contributed by atoms with Crippen molar-refractivity contribution < 1.29 is 0 Å². The first kappa shape index (κ1) is 18.2. The Morgan fingerprint density at radius 3 is 2.59 bits per heavy atom. The van der Waals surface area contributed by atoms with Crippen LogP contribution in [0.1, 0.15) is 37.7 Å². The lowest BCUT2D eigenvalue weighted by Gasteiger charge is -2.44. The van der Waals surface area contributed by atoms with Crippen molar-refractivity contribution in [1.82, 2.24) is 0 Å². The second-order valence-electron chi connectivity index (χ2n) is 7.81. The minimum atomic E-state index is -0.0885. The lowest BCUT2D eigenvalue weighted by molar-refractivity contribution is 0.403. The second-order valence-corrected chi connectivity index (χ2v) is 8.25. The molecule has 0 amide bonds. The van der Waals surface area contributed by atoms with Crippen LogP contribution in [-0.4, -0.2) is 25.5 Å². The number of rotatable bonds is 3. The Labute approximate surface area is 166 Å². The molecule has 2 N–H and O–H groups in total. The van der Waals surface area contributed by atoms with E-state index in [0.717, 1.165) is 35.0 Å². The molecule has 2 aliphatic rings. The van der Waals surface area contributed by atoms with Crippen LogP contribution < -0.4 is 15.5 Å². The Bertz CT molecular complexity index is 853. The fourth-order valence-corrected chi connectivity index (χ4v) is 4.31. The number of aliphatic imine (C=N–C) groups is 1. The highest BCUT2D eigenvalue weighted by molar-refractivity contribution is 6.30. The Balaban J connectivity index is 1.67. The number of nitrogens with one attached hydrogen (secondary N) is 2. The van der Waals surface area contributed by atoms with E-state index in [0.29, 0.717) is 6.54 Å². The van der Waals surface area contributed by atoms with Crippen LogP contribution in [-0.2, 0) is 6.54 Å². The third-order valence-electron chi connectivity index (χ3n) is 5.62. The SMILES string of the molecule is CN(C)c1ccc2c(c1)NC1(CCCCC1)C(=NCc1cccc(Cl)c1)N2. The van der Waals surface area contributed by atoms with E-state index >= 15 is 0 Å². The molecule has 1 spiro atoms. The molecule has 1 fully saturated rings. The molecule has 0 saturated heterocycles.